The maximum atomic E-state index is 12.2. The van der Waals surface area contributed by atoms with Crippen molar-refractivity contribution >= 4 is 11.7 Å². The number of oxime groups is 1. The monoisotopic (exact) mass is 255 g/mol. The molecule has 0 radical (unpaired) electrons. The molecule has 5 nitrogen and oxygen atoms in total. The minimum Gasteiger partial charge on any atom is -0.409 e. The quantitative estimate of drug-likeness (QED) is 0.310. The van der Waals surface area contributed by atoms with Gasteiger partial charge in [-0.3, -0.25) is 4.79 Å². The summed E-state index contributed by atoms with van der Waals surface area (Å²) >= 11 is 0. The summed E-state index contributed by atoms with van der Waals surface area (Å²) < 4.78 is 0. The lowest BCUT2D eigenvalue weighted by Gasteiger charge is -2.34. The molecular weight excluding hydrogens is 230 g/mol. The second-order valence-corrected chi connectivity index (χ2v) is 6.20. The Balaban J connectivity index is 2.64. The Morgan fingerprint density at radius 3 is 2.22 bits per heavy atom. The Labute approximate surface area is 109 Å². The molecule has 2 atom stereocenters. The molecule has 1 aliphatic rings. The van der Waals surface area contributed by atoms with Gasteiger partial charge in [-0.05, 0) is 44.9 Å². The Bertz CT molecular complexity index is 329. The number of hydrogen-bond donors (Lipinski definition) is 3. The lowest BCUT2D eigenvalue weighted by Crippen LogP contribution is -2.50. The van der Waals surface area contributed by atoms with Crippen LogP contribution in [0.4, 0.5) is 0 Å². The van der Waals surface area contributed by atoms with Crippen LogP contribution in [0, 0.1) is 17.3 Å². The first kappa shape index (κ1) is 14.8. The number of amidine groups is 1. The molecule has 0 bridgehead atoms. The van der Waals surface area contributed by atoms with E-state index in [1.807, 2.05) is 0 Å². The average molecular weight is 255 g/mol. The van der Waals surface area contributed by atoms with Crippen molar-refractivity contribution in [2.24, 2.45) is 28.1 Å². The molecule has 1 amide bonds. The Morgan fingerprint density at radius 1 is 1.28 bits per heavy atom. The summed E-state index contributed by atoms with van der Waals surface area (Å²) in [6.45, 7) is 7.74. The number of nitrogens with one attached hydrogen (secondary N) is 1. The number of carbonyl (C=O) groups is 1. The van der Waals surface area contributed by atoms with E-state index in [1.54, 1.807) is 13.8 Å². The maximum absolute atomic E-state index is 12.2. The van der Waals surface area contributed by atoms with Gasteiger partial charge in [0.2, 0.25) is 5.91 Å². The fourth-order valence-corrected chi connectivity index (χ4v) is 2.67. The van der Waals surface area contributed by atoms with E-state index in [0.717, 1.165) is 12.8 Å². The molecule has 0 aliphatic heterocycles. The molecule has 0 heterocycles. The number of hydrogen-bond acceptors (Lipinski definition) is 3. The first-order valence-corrected chi connectivity index (χ1v) is 6.56. The summed E-state index contributed by atoms with van der Waals surface area (Å²) in [4.78, 5) is 12.2. The Kier molecular flexibility index (Phi) is 4.59. The minimum absolute atomic E-state index is 0.0584. The lowest BCUT2D eigenvalue weighted by atomic mass is 9.80. The van der Waals surface area contributed by atoms with Crippen molar-refractivity contribution in [2.75, 3.05) is 0 Å². The van der Waals surface area contributed by atoms with Gasteiger partial charge in [0.25, 0.3) is 0 Å². The molecule has 2 unspecified atom stereocenters. The summed E-state index contributed by atoms with van der Waals surface area (Å²) in [5.41, 5.74) is 4.58. The van der Waals surface area contributed by atoms with Crippen LogP contribution < -0.4 is 11.1 Å². The second kappa shape index (κ2) is 5.59. The van der Waals surface area contributed by atoms with Crippen LogP contribution in [0.3, 0.4) is 0 Å². The number of amides is 1. The van der Waals surface area contributed by atoms with Gasteiger partial charge < -0.3 is 16.3 Å². The highest BCUT2D eigenvalue weighted by molar-refractivity contribution is 6.05. The Hall–Kier alpha value is -1.26. The third kappa shape index (κ3) is 3.37. The zero-order valence-electron chi connectivity index (χ0n) is 11.7. The van der Waals surface area contributed by atoms with Gasteiger partial charge in [-0.25, -0.2) is 0 Å². The van der Waals surface area contributed by atoms with Crippen LogP contribution in [0.1, 0.15) is 47.0 Å². The molecule has 1 rings (SSSR count). The molecule has 1 saturated carbocycles. The molecule has 1 fully saturated rings. The van der Waals surface area contributed by atoms with Gasteiger partial charge in [-0.15, -0.1) is 0 Å². The fourth-order valence-electron chi connectivity index (χ4n) is 2.67. The van der Waals surface area contributed by atoms with E-state index in [4.69, 9.17) is 10.9 Å². The zero-order chi connectivity index (χ0) is 13.9. The van der Waals surface area contributed by atoms with Gasteiger partial charge in [-0.2, -0.15) is 0 Å². The molecule has 0 aromatic rings. The second-order valence-electron chi connectivity index (χ2n) is 6.20. The summed E-state index contributed by atoms with van der Waals surface area (Å²) in [5.74, 6) is 1.03. The molecule has 18 heavy (non-hydrogen) atoms. The predicted molar refractivity (Wildman–Crippen MR) is 71.3 cm³/mol. The van der Waals surface area contributed by atoms with E-state index in [9.17, 15) is 4.79 Å². The summed E-state index contributed by atoms with van der Waals surface area (Å²) in [6, 6.07) is 0.196. The predicted octanol–water partition coefficient (Wildman–Crippen LogP) is 1.70. The summed E-state index contributed by atoms with van der Waals surface area (Å²) in [6.07, 6.45) is 3.22. The first-order chi connectivity index (χ1) is 8.27. The zero-order valence-corrected chi connectivity index (χ0v) is 11.7. The molecule has 4 N–H and O–H groups in total. The van der Waals surface area contributed by atoms with E-state index in [2.05, 4.69) is 24.3 Å². The van der Waals surface area contributed by atoms with Gasteiger partial charge >= 0.3 is 0 Å². The van der Waals surface area contributed by atoms with E-state index in [-0.39, 0.29) is 17.8 Å². The SMILES string of the molecule is CC1CC(C)CC(NC(=O)C(C)(C)C(N)=NO)C1. The van der Waals surface area contributed by atoms with Crippen LogP contribution in [-0.2, 0) is 4.79 Å². The number of rotatable bonds is 3. The molecular formula is C13H25N3O2. The van der Waals surface area contributed by atoms with Crippen LogP contribution in [0.2, 0.25) is 0 Å². The molecule has 5 heteroatoms. The topological polar surface area (TPSA) is 87.7 Å². The standard InChI is InChI=1S/C13H25N3O2/c1-8-5-9(2)7-10(6-8)15-12(17)13(3,4)11(14)16-18/h8-10,18H,5-7H2,1-4H3,(H2,14,16)(H,15,17). The largest absolute Gasteiger partial charge is 0.409 e. The van der Waals surface area contributed by atoms with Crippen molar-refractivity contribution < 1.29 is 10.0 Å². The minimum atomic E-state index is -0.974. The van der Waals surface area contributed by atoms with Crippen molar-refractivity contribution in [1.29, 1.82) is 0 Å². The molecule has 0 saturated heterocycles. The van der Waals surface area contributed by atoms with E-state index >= 15 is 0 Å². The number of nitrogens with zero attached hydrogens (tertiary/aromatic N) is 1. The molecule has 0 aromatic carbocycles. The Morgan fingerprint density at radius 2 is 1.78 bits per heavy atom. The van der Waals surface area contributed by atoms with Gasteiger partial charge in [-0.1, -0.05) is 19.0 Å². The van der Waals surface area contributed by atoms with Crippen molar-refractivity contribution in [3.05, 3.63) is 0 Å². The first-order valence-electron chi connectivity index (χ1n) is 6.56. The lowest BCUT2D eigenvalue weighted by molar-refractivity contribution is -0.127. The van der Waals surface area contributed by atoms with E-state index in [0.29, 0.717) is 11.8 Å². The summed E-state index contributed by atoms with van der Waals surface area (Å²) in [7, 11) is 0. The molecule has 1 aliphatic carbocycles. The van der Waals surface area contributed by atoms with Gasteiger partial charge in [0, 0.05) is 6.04 Å². The molecule has 104 valence electrons. The normalized spacial score (nSPS) is 30.0. The van der Waals surface area contributed by atoms with Crippen LogP contribution >= 0.6 is 0 Å². The van der Waals surface area contributed by atoms with Crippen molar-refractivity contribution in [1.82, 2.24) is 5.32 Å². The maximum Gasteiger partial charge on any atom is 0.233 e. The van der Waals surface area contributed by atoms with Crippen LogP contribution in [-0.4, -0.2) is 23.0 Å². The van der Waals surface area contributed by atoms with Gasteiger partial charge in [0.05, 0.1) is 0 Å². The molecule has 0 spiro atoms. The number of nitrogens with two attached hydrogens (primary N) is 1. The van der Waals surface area contributed by atoms with Gasteiger partial charge in [0.1, 0.15) is 5.41 Å². The third-order valence-corrected chi connectivity index (χ3v) is 3.83. The molecule has 0 aromatic heterocycles. The van der Waals surface area contributed by atoms with Crippen LogP contribution in [0.15, 0.2) is 5.16 Å². The van der Waals surface area contributed by atoms with Crippen LogP contribution in [0.25, 0.3) is 0 Å². The summed E-state index contributed by atoms with van der Waals surface area (Å²) in [5, 5.41) is 14.7. The van der Waals surface area contributed by atoms with Crippen LogP contribution in [0.5, 0.6) is 0 Å². The average Bonchev–Trinajstić information content (AvgIpc) is 2.26. The highest BCUT2D eigenvalue weighted by atomic mass is 16.4. The van der Waals surface area contributed by atoms with Crippen molar-refractivity contribution in [3.8, 4) is 0 Å². The van der Waals surface area contributed by atoms with Gasteiger partial charge in [0.15, 0.2) is 5.84 Å². The third-order valence-electron chi connectivity index (χ3n) is 3.83. The van der Waals surface area contributed by atoms with Crippen molar-refractivity contribution in [3.63, 3.8) is 0 Å². The smallest absolute Gasteiger partial charge is 0.233 e. The highest BCUT2D eigenvalue weighted by Gasteiger charge is 2.35. The number of carbonyl (C=O) groups excluding carboxylic acids is 1. The van der Waals surface area contributed by atoms with E-state index in [1.165, 1.54) is 6.42 Å². The van der Waals surface area contributed by atoms with E-state index < -0.39 is 5.41 Å². The highest BCUT2D eigenvalue weighted by Crippen LogP contribution is 2.29. The fraction of sp³-hybridized carbons (Fsp3) is 0.846. The van der Waals surface area contributed by atoms with Crippen molar-refractivity contribution in [2.45, 2.75) is 53.0 Å².